The zero-order valence-electron chi connectivity index (χ0n) is 14.0. The maximum atomic E-state index is 12.6. The molecule has 2 aromatic carbocycles. The molecule has 3 rings (SSSR count). The standard InChI is InChI=1S/C18H13Cl3N2O3S/c1-23-16(11-2-4-12(19)5-3-11)9-15(22-23)17(24)10-27(25,26)18-8-13(20)6-7-14(18)21/h2-9H,10H2,1H3. The summed E-state index contributed by atoms with van der Waals surface area (Å²) in [4.78, 5) is 12.3. The van der Waals surface area contributed by atoms with Gasteiger partial charge in [0.1, 0.15) is 11.4 Å². The van der Waals surface area contributed by atoms with Gasteiger partial charge in [-0.1, -0.05) is 46.9 Å². The Morgan fingerprint density at radius 3 is 2.30 bits per heavy atom. The first-order valence-electron chi connectivity index (χ1n) is 7.68. The van der Waals surface area contributed by atoms with Crippen LogP contribution in [0.3, 0.4) is 0 Å². The lowest BCUT2D eigenvalue weighted by Crippen LogP contribution is -2.17. The molecule has 1 heterocycles. The van der Waals surface area contributed by atoms with Crippen molar-refractivity contribution >= 4 is 50.4 Å². The number of hydrogen-bond donors (Lipinski definition) is 0. The van der Waals surface area contributed by atoms with Gasteiger partial charge in [-0.25, -0.2) is 8.42 Å². The number of ketones is 1. The number of aromatic nitrogens is 2. The summed E-state index contributed by atoms with van der Waals surface area (Å²) in [6.07, 6.45) is 0. The second kappa shape index (κ2) is 7.64. The van der Waals surface area contributed by atoms with E-state index in [1.165, 1.54) is 22.9 Å². The van der Waals surface area contributed by atoms with Crippen LogP contribution in [-0.2, 0) is 16.9 Å². The summed E-state index contributed by atoms with van der Waals surface area (Å²) in [5, 5.41) is 4.95. The van der Waals surface area contributed by atoms with Crippen LogP contribution in [0.15, 0.2) is 53.4 Å². The highest BCUT2D eigenvalue weighted by molar-refractivity contribution is 7.92. The molecule has 3 aromatic rings. The highest BCUT2D eigenvalue weighted by atomic mass is 35.5. The van der Waals surface area contributed by atoms with Crippen LogP contribution in [-0.4, -0.2) is 29.7 Å². The van der Waals surface area contributed by atoms with Gasteiger partial charge in [-0.3, -0.25) is 9.48 Å². The Kier molecular flexibility index (Phi) is 5.63. The summed E-state index contributed by atoms with van der Waals surface area (Å²) in [5.41, 5.74) is 1.51. The average molecular weight is 444 g/mol. The fourth-order valence-corrected chi connectivity index (χ4v) is 4.69. The predicted molar refractivity (Wildman–Crippen MR) is 106 cm³/mol. The van der Waals surface area contributed by atoms with Gasteiger partial charge in [0.2, 0.25) is 0 Å². The predicted octanol–water partition coefficient (Wildman–Crippen LogP) is 4.70. The van der Waals surface area contributed by atoms with Crippen molar-refractivity contribution in [2.24, 2.45) is 7.05 Å². The molecule has 0 aliphatic carbocycles. The molecule has 0 N–H and O–H groups in total. The van der Waals surface area contributed by atoms with Crippen LogP contribution in [0.25, 0.3) is 11.3 Å². The Balaban J connectivity index is 1.89. The van der Waals surface area contributed by atoms with Crippen molar-refractivity contribution in [3.8, 4) is 11.3 Å². The van der Waals surface area contributed by atoms with Crippen LogP contribution in [0.5, 0.6) is 0 Å². The normalized spacial score (nSPS) is 11.6. The van der Waals surface area contributed by atoms with Gasteiger partial charge >= 0.3 is 0 Å². The number of aryl methyl sites for hydroxylation is 1. The number of hydrogen-bond acceptors (Lipinski definition) is 4. The van der Waals surface area contributed by atoms with Crippen LogP contribution in [0.2, 0.25) is 15.1 Å². The molecule has 0 atom stereocenters. The van der Waals surface area contributed by atoms with E-state index in [0.29, 0.717) is 10.7 Å². The first-order valence-corrected chi connectivity index (χ1v) is 10.5. The molecule has 0 unspecified atom stereocenters. The van der Waals surface area contributed by atoms with Gasteiger partial charge in [0.15, 0.2) is 15.6 Å². The molecule has 0 saturated heterocycles. The molecule has 5 nitrogen and oxygen atoms in total. The van der Waals surface area contributed by atoms with Crippen molar-refractivity contribution in [1.29, 1.82) is 0 Å². The number of halogens is 3. The molecule has 0 aliphatic rings. The molecule has 0 saturated carbocycles. The molecular formula is C18H13Cl3N2O3S. The average Bonchev–Trinajstić information content (AvgIpc) is 2.99. The third-order valence-corrected chi connectivity index (χ3v) is 6.43. The van der Waals surface area contributed by atoms with Gasteiger partial charge in [-0.15, -0.1) is 0 Å². The zero-order chi connectivity index (χ0) is 19.8. The summed E-state index contributed by atoms with van der Waals surface area (Å²) in [5.74, 6) is -1.40. The van der Waals surface area contributed by atoms with Gasteiger partial charge in [0.05, 0.1) is 15.6 Å². The Morgan fingerprint density at radius 1 is 1.00 bits per heavy atom. The van der Waals surface area contributed by atoms with Crippen molar-refractivity contribution in [2.75, 3.05) is 5.75 Å². The summed E-state index contributed by atoms with van der Waals surface area (Å²) in [6.45, 7) is 0. The van der Waals surface area contributed by atoms with E-state index in [4.69, 9.17) is 34.8 Å². The number of benzene rings is 2. The first kappa shape index (κ1) is 19.9. The highest BCUT2D eigenvalue weighted by Crippen LogP contribution is 2.27. The molecule has 0 radical (unpaired) electrons. The second-order valence-corrected chi connectivity index (χ2v) is 9.04. The van der Waals surface area contributed by atoms with Gasteiger partial charge in [-0.2, -0.15) is 5.10 Å². The lowest BCUT2D eigenvalue weighted by molar-refractivity contribution is 0.101. The van der Waals surface area contributed by atoms with Crippen molar-refractivity contribution in [2.45, 2.75) is 4.90 Å². The summed E-state index contributed by atoms with van der Waals surface area (Å²) < 4.78 is 26.7. The van der Waals surface area contributed by atoms with E-state index in [1.807, 2.05) is 0 Å². The van der Waals surface area contributed by atoms with Crippen molar-refractivity contribution in [3.05, 3.63) is 69.3 Å². The summed E-state index contributed by atoms with van der Waals surface area (Å²) >= 11 is 17.7. The third-order valence-electron chi connectivity index (χ3n) is 3.85. The minimum atomic E-state index is -3.97. The van der Waals surface area contributed by atoms with Crippen LogP contribution >= 0.6 is 34.8 Å². The van der Waals surface area contributed by atoms with E-state index in [1.54, 1.807) is 37.4 Å². The third kappa shape index (κ3) is 4.35. The SMILES string of the molecule is Cn1nc(C(=O)CS(=O)(=O)c2cc(Cl)ccc2Cl)cc1-c1ccc(Cl)cc1. The molecule has 0 bridgehead atoms. The number of rotatable bonds is 5. The Bertz CT molecular complexity index is 1120. The number of carbonyl (C=O) groups excluding carboxylic acids is 1. The van der Waals surface area contributed by atoms with Crippen LogP contribution < -0.4 is 0 Å². The minimum Gasteiger partial charge on any atom is -0.291 e. The van der Waals surface area contributed by atoms with E-state index in [0.717, 1.165) is 5.56 Å². The van der Waals surface area contributed by atoms with E-state index >= 15 is 0 Å². The molecule has 0 aliphatic heterocycles. The van der Waals surface area contributed by atoms with E-state index < -0.39 is 21.4 Å². The first-order chi connectivity index (χ1) is 12.7. The zero-order valence-corrected chi connectivity index (χ0v) is 17.1. The number of sulfone groups is 1. The van der Waals surface area contributed by atoms with Crippen LogP contribution in [0.4, 0.5) is 0 Å². The van der Waals surface area contributed by atoms with E-state index in [9.17, 15) is 13.2 Å². The highest BCUT2D eigenvalue weighted by Gasteiger charge is 2.25. The molecular weight excluding hydrogens is 431 g/mol. The fourth-order valence-electron chi connectivity index (χ4n) is 2.53. The number of nitrogens with zero attached hydrogens (tertiary/aromatic N) is 2. The largest absolute Gasteiger partial charge is 0.291 e. The van der Waals surface area contributed by atoms with Crippen LogP contribution in [0, 0.1) is 0 Å². The van der Waals surface area contributed by atoms with Gasteiger partial charge < -0.3 is 0 Å². The molecule has 0 fully saturated rings. The summed E-state index contributed by atoms with van der Waals surface area (Å²) in [6, 6.07) is 12.6. The quantitative estimate of drug-likeness (QED) is 0.536. The van der Waals surface area contributed by atoms with Gasteiger partial charge in [0, 0.05) is 17.1 Å². The summed E-state index contributed by atoms with van der Waals surface area (Å²) in [7, 11) is -2.30. The molecule has 0 amide bonds. The molecule has 140 valence electrons. The maximum absolute atomic E-state index is 12.6. The smallest absolute Gasteiger partial charge is 0.198 e. The minimum absolute atomic E-state index is 0.00933. The second-order valence-electron chi connectivity index (χ2n) is 5.80. The molecule has 9 heteroatoms. The lowest BCUT2D eigenvalue weighted by Gasteiger charge is -2.05. The van der Waals surface area contributed by atoms with Crippen molar-refractivity contribution in [3.63, 3.8) is 0 Å². The Labute approximate surface area is 171 Å². The van der Waals surface area contributed by atoms with Gasteiger partial charge in [0.25, 0.3) is 0 Å². The van der Waals surface area contributed by atoms with E-state index in [2.05, 4.69) is 5.10 Å². The van der Waals surface area contributed by atoms with Crippen molar-refractivity contribution < 1.29 is 13.2 Å². The molecule has 1 aromatic heterocycles. The molecule has 27 heavy (non-hydrogen) atoms. The molecule has 0 spiro atoms. The van der Waals surface area contributed by atoms with Crippen LogP contribution in [0.1, 0.15) is 10.5 Å². The Morgan fingerprint density at radius 2 is 1.63 bits per heavy atom. The fraction of sp³-hybridized carbons (Fsp3) is 0.111. The number of carbonyl (C=O) groups is 1. The lowest BCUT2D eigenvalue weighted by atomic mass is 10.1. The van der Waals surface area contributed by atoms with Crippen molar-refractivity contribution in [1.82, 2.24) is 9.78 Å². The monoisotopic (exact) mass is 442 g/mol. The van der Waals surface area contributed by atoms with E-state index in [-0.39, 0.29) is 20.6 Å². The van der Waals surface area contributed by atoms with Gasteiger partial charge in [-0.05, 0) is 42.0 Å². The maximum Gasteiger partial charge on any atom is 0.198 e. The Hall–Kier alpha value is -1.86. The number of Topliss-reactive ketones (excluding diaryl/α,β-unsaturated/α-hetero) is 1. The topological polar surface area (TPSA) is 69.0 Å².